The molecule has 6 nitrogen and oxygen atoms in total. The minimum absolute atomic E-state index is 0. The molecule has 1 aliphatic rings. The first-order chi connectivity index (χ1) is 8.34. The summed E-state index contributed by atoms with van der Waals surface area (Å²) in [6.45, 7) is 4.44. The summed E-state index contributed by atoms with van der Waals surface area (Å²) in [4.78, 5) is 0.333. The van der Waals surface area contributed by atoms with Crippen LogP contribution in [0.25, 0.3) is 0 Å². The van der Waals surface area contributed by atoms with Crippen LogP contribution >= 0.6 is 12.4 Å². The highest BCUT2D eigenvalue weighted by atomic mass is 35.5. The monoisotopic (exact) mass is 308 g/mol. The third kappa shape index (κ3) is 2.94. The quantitative estimate of drug-likeness (QED) is 0.866. The van der Waals surface area contributed by atoms with E-state index in [9.17, 15) is 8.42 Å². The van der Waals surface area contributed by atoms with E-state index in [1.165, 1.54) is 4.31 Å². The minimum atomic E-state index is -3.47. The number of nitrogens with zero attached hydrogens (tertiary/aromatic N) is 3. The number of piperidine rings is 1. The van der Waals surface area contributed by atoms with Crippen LogP contribution in [0.15, 0.2) is 4.90 Å². The Balaban J connectivity index is 0.00000180. The van der Waals surface area contributed by atoms with Crippen molar-refractivity contribution < 1.29 is 8.42 Å². The molecule has 1 saturated heterocycles. The highest BCUT2D eigenvalue weighted by molar-refractivity contribution is 7.89. The van der Waals surface area contributed by atoms with E-state index in [1.54, 1.807) is 25.6 Å². The maximum atomic E-state index is 12.6. The lowest BCUT2D eigenvalue weighted by molar-refractivity contribution is 0.316. The third-order valence-electron chi connectivity index (χ3n) is 3.46. The highest BCUT2D eigenvalue weighted by Crippen LogP contribution is 2.25. The molecule has 0 unspecified atom stereocenters. The van der Waals surface area contributed by atoms with Crippen LogP contribution in [0.1, 0.15) is 24.2 Å². The Labute approximate surface area is 120 Å². The van der Waals surface area contributed by atoms with Crippen molar-refractivity contribution in [1.29, 1.82) is 0 Å². The highest BCUT2D eigenvalue weighted by Gasteiger charge is 2.33. The second kappa shape index (κ2) is 5.78. The van der Waals surface area contributed by atoms with Crippen LogP contribution in [-0.4, -0.2) is 41.6 Å². The van der Waals surface area contributed by atoms with Crippen molar-refractivity contribution in [3.8, 4) is 0 Å². The molecule has 2 rings (SSSR count). The van der Waals surface area contributed by atoms with Crippen molar-refractivity contribution in [2.24, 2.45) is 12.8 Å². The first kappa shape index (κ1) is 16.4. The van der Waals surface area contributed by atoms with Gasteiger partial charge in [-0.3, -0.25) is 4.68 Å². The second-order valence-electron chi connectivity index (χ2n) is 4.89. The Morgan fingerprint density at radius 2 is 2.00 bits per heavy atom. The zero-order valence-corrected chi connectivity index (χ0v) is 13.1. The van der Waals surface area contributed by atoms with Crippen LogP contribution in [0, 0.1) is 13.8 Å². The fourth-order valence-corrected chi connectivity index (χ4v) is 4.38. The van der Waals surface area contributed by atoms with Crippen molar-refractivity contribution in [2.45, 2.75) is 37.6 Å². The molecule has 19 heavy (non-hydrogen) atoms. The van der Waals surface area contributed by atoms with E-state index in [-0.39, 0.29) is 18.4 Å². The van der Waals surface area contributed by atoms with Crippen molar-refractivity contribution in [1.82, 2.24) is 14.1 Å². The predicted octanol–water partition coefficient (Wildman–Crippen LogP) is 0.571. The molecule has 0 spiro atoms. The van der Waals surface area contributed by atoms with Gasteiger partial charge in [0.15, 0.2) is 0 Å². The summed E-state index contributed by atoms with van der Waals surface area (Å²) in [5.74, 6) is 0. The number of aryl methyl sites for hydroxylation is 2. The van der Waals surface area contributed by atoms with Crippen LogP contribution < -0.4 is 5.73 Å². The lowest BCUT2D eigenvalue weighted by Gasteiger charge is -2.29. The van der Waals surface area contributed by atoms with Gasteiger partial charge in [0.1, 0.15) is 4.90 Å². The molecule has 1 aromatic rings. The minimum Gasteiger partial charge on any atom is -0.327 e. The maximum Gasteiger partial charge on any atom is 0.246 e. The van der Waals surface area contributed by atoms with E-state index in [1.807, 2.05) is 0 Å². The molecule has 0 amide bonds. The Hall–Kier alpha value is -0.630. The number of halogens is 1. The van der Waals surface area contributed by atoms with Gasteiger partial charge in [-0.1, -0.05) is 0 Å². The standard InChI is InChI=1S/C11H20N4O2S.ClH/c1-8-11(9(2)14(3)13-8)18(16,17)15-6-4-5-10(12)7-15;/h10H,4-7,12H2,1-3H3;1H/t10-;/m1./s1. The molecule has 0 aliphatic carbocycles. The summed E-state index contributed by atoms with van der Waals surface area (Å²) in [6, 6.07) is -0.0641. The fourth-order valence-electron chi connectivity index (χ4n) is 2.45. The van der Waals surface area contributed by atoms with Crippen LogP contribution in [0.5, 0.6) is 0 Å². The van der Waals surface area contributed by atoms with Crippen molar-refractivity contribution in [3.05, 3.63) is 11.4 Å². The van der Waals surface area contributed by atoms with Gasteiger partial charge < -0.3 is 5.73 Å². The molecule has 2 N–H and O–H groups in total. The van der Waals surface area contributed by atoms with E-state index in [0.717, 1.165) is 12.8 Å². The van der Waals surface area contributed by atoms with Crippen LogP contribution in [0.3, 0.4) is 0 Å². The normalized spacial score (nSPS) is 21.2. The molecule has 1 atom stereocenters. The van der Waals surface area contributed by atoms with Crippen LogP contribution in [0.4, 0.5) is 0 Å². The van der Waals surface area contributed by atoms with Gasteiger partial charge in [0, 0.05) is 26.2 Å². The Morgan fingerprint density at radius 1 is 1.37 bits per heavy atom. The molecule has 1 aromatic heterocycles. The molecular formula is C11H21ClN4O2S. The number of aromatic nitrogens is 2. The largest absolute Gasteiger partial charge is 0.327 e. The van der Waals surface area contributed by atoms with E-state index in [0.29, 0.717) is 29.4 Å². The average Bonchev–Trinajstić information content (AvgIpc) is 2.53. The van der Waals surface area contributed by atoms with Crippen molar-refractivity contribution in [3.63, 3.8) is 0 Å². The Morgan fingerprint density at radius 3 is 2.47 bits per heavy atom. The van der Waals surface area contributed by atoms with Gasteiger partial charge in [-0.2, -0.15) is 9.40 Å². The molecule has 8 heteroatoms. The smallest absolute Gasteiger partial charge is 0.246 e. The first-order valence-electron chi connectivity index (χ1n) is 6.10. The summed E-state index contributed by atoms with van der Waals surface area (Å²) in [5, 5.41) is 4.17. The zero-order valence-electron chi connectivity index (χ0n) is 11.5. The van der Waals surface area contributed by atoms with Gasteiger partial charge >= 0.3 is 0 Å². The van der Waals surface area contributed by atoms with Gasteiger partial charge in [-0.25, -0.2) is 8.42 Å². The first-order valence-corrected chi connectivity index (χ1v) is 7.54. The summed E-state index contributed by atoms with van der Waals surface area (Å²) in [7, 11) is -1.71. The van der Waals surface area contributed by atoms with Gasteiger partial charge in [-0.05, 0) is 26.7 Å². The summed E-state index contributed by atoms with van der Waals surface area (Å²) < 4.78 is 28.3. The second-order valence-corrected chi connectivity index (χ2v) is 6.76. The molecular weight excluding hydrogens is 288 g/mol. The van der Waals surface area contributed by atoms with Gasteiger partial charge in [0.2, 0.25) is 10.0 Å². The topological polar surface area (TPSA) is 81.2 Å². The molecule has 1 fully saturated rings. The van der Waals surface area contributed by atoms with Crippen molar-refractivity contribution in [2.75, 3.05) is 13.1 Å². The molecule has 0 bridgehead atoms. The number of nitrogens with two attached hydrogens (primary N) is 1. The number of hydrogen-bond acceptors (Lipinski definition) is 4. The van der Waals surface area contributed by atoms with Gasteiger partial charge in [0.05, 0.1) is 11.4 Å². The average molecular weight is 309 g/mol. The summed E-state index contributed by atoms with van der Waals surface area (Å²) in [5.41, 5.74) is 7.08. The van der Waals surface area contributed by atoms with E-state index in [2.05, 4.69) is 5.10 Å². The predicted molar refractivity (Wildman–Crippen MR) is 75.9 cm³/mol. The summed E-state index contributed by atoms with van der Waals surface area (Å²) >= 11 is 0. The maximum absolute atomic E-state index is 12.6. The molecule has 0 aromatic carbocycles. The molecule has 1 aliphatic heterocycles. The lowest BCUT2D eigenvalue weighted by Crippen LogP contribution is -2.45. The molecule has 2 heterocycles. The summed E-state index contributed by atoms with van der Waals surface area (Å²) in [6.07, 6.45) is 1.70. The lowest BCUT2D eigenvalue weighted by atomic mass is 10.1. The van der Waals surface area contributed by atoms with Gasteiger partial charge in [0.25, 0.3) is 0 Å². The van der Waals surface area contributed by atoms with Crippen LogP contribution in [-0.2, 0) is 17.1 Å². The number of rotatable bonds is 2. The fraction of sp³-hybridized carbons (Fsp3) is 0.727. The van der Waals surface area contributed by atoms with E-state index < -0.39 is 10.0 Å². The van der Waals surface area contributed by atoms with Crippen molar-refractivity contribution >= 4 is 22.4 Å². The van der Waals surface area contributed by atoms with E-state index in [4.69, 9.17) is 5.73 Å². The third-order valence-corrected chi connectivity index (χ3v) is 5.58. The SMILES string of the molecule is Cc1nn(C)c(C)c1S(=O)(=O)N1CCC[C@@H](N)C1.Cl. The molecule has 0 saturated carbocycles. The molecule has 110 valence electrons. The number of hydrogen-bond donors (Lipinski definition) is 1. The Kier molecular flexibility index (Phi) is 5.00. The van der Waals surface area contributed by atoms with Gasteiger partial charge in [-0.15, -0.1) is 12.4 Å². The van der Waals surface area contributed by atoms with Crippen LogP contribution in [0.2, 0.25) is 0 Å². The zero-order chi connectivity index (χ0) is 13.5. The number of sulfonamides is 1. The molecule has 0 radical (unpaired) electrons. The van der Waals surface area contributed by atoms with E-state index >= 15 is 0 Å². The Bertz CT molecular complexity index is 555.